The second-order valence-electron chi connectivity index (χ2n) is 2.75. The Morgan fingerprint density at radius 3 is 3.00 bits per heavy atom. The average Bonchev–Trinajstić information content (AvgIpc) is 2.27. The summed E-state index contributed by atoms with van der Waals surface area (Å²) >= 11 is 0. The molecule has 2 rings (SSSR count). The van der Waals surface area contributed by atoms with E-state index in [0.717, 1.165) is 10.8 Å². The molecule has 2 aromatic rings. The Hall–Kier alpha value is -2.08. The number of nitrogens with zero attached hydrogens (tertiary/aromatic N) is 2. The maximum atomic E-state index is 5.40. The van der Waals surface area contributed by atoms with E-state index in [2.05, 4.69) is 15.9 Å². The highest BCUT2D eigenvalue weighted by molar-refractivity contribution is 5.88. The van der Waals surface area contributed by atoms with Crippen molar-refractivity contribution < 1.29 is 4.74 Å². The molecule has 0 radical (unpaired) electrons. The quantitative estimate of drug-likeness (QED) is 0.632. The Balaban J connectivity index is 2.85. The number of rotatable bonds is 1. The first-order valence-corrected chi connectivity index (χ1v) is 4.10. The van der Waals surface area contributed by atoms with Crippen molar-refractivity contribution in [3.05, 3.63) is 30.2 Å². The van der Waals surface area contributed by atoms with E-state index in [1.165, 1.54) is 0 Å². The summed E-state index contributed by atoms with van der Waals surface area (Å²) < 4.78 is 5.07. The Bertz CT molecular complexity index is 514. The predicted octanol–water partition coefficient (Wildman–Crippen LogP) is 1.62. The minimum atomic E-state index is 0.478. The van der Waals surface area contributed by atoms with Crippen LogP contribution in [0.2, 0.25) is 0 Å². The summed E-state index contributed by atoms with van der Waals surface area (Å²) in [5.41, 5.74) is 0.674. The summed E-state index contributed by atoms with van der Waals surface area (Å²) in [4.78, 5) is 8.09. The normalized spacial score (nSPS) is 9.71. The molecule has 0 amide bonds. The van der Waals surface area contributed by atoms with Crippen LogP contribution in [0.3, 0.4) is 0 Å². The van der Waals surface area contributed by atoms with E-state index in [-0.39, 0.29) is 0 Å². The fraction of sp³-hybridized carbons (Fsp3) is 0.0909. The van der Waals surface area contributed by atoms with E-state index in [9.17, 15) is 0 Å². The van der Waals surface area contributed by atoms with Gasteiger partial charge in [-0.2, -0.15) is 0 Å². The molecule has 0 saturated heterocycles. The average molecular weight is 184 g/mol. The fourth-order valence-corrected chi connectivity index (χ4v) is 1.34. The van der Waals surface area contributed by atoms with Crippen LogP contribution >= 0.6 is 0 Å². The number of ether oxygens (including phenoxy) is 1. The third-order valence-corrected chi connectivity index (χ3v) is 1.99. The van der Waals surface area contributed by atoms with Gasteiger partial charge < -0.3 is 4.74 Å². The second kappa shape index (κ2) is 3.35. The van der Waals surface area contributed by atoms with Crippen LogP contribution < -0.4 is 4.74 Å². The molecular formula is C11H8N2O. The van der Waals surface area contributed by atoms with Crippen molar-refractivity contribution in [1.82, 2.24) is 9.97 Å². The van der Waals surface area contributed by atoms with Gasteiger partial charge >= 0.3 is 0 Å². The first kappa shape index (κ1) is 8.52. The molecule has 0 bridgehead atoms. The molecule has 0 spiro atoms. The van der Waals surface area contributed by atoms with Crippen molar-refractivity contribution in [1.29, 1.82) is 0 Å². The molecule has 0 aliphatic rings. The standard InChI is InChI=1S/C11H8N2O/c1-3-9-10-4-5-12-6-8(10)7-13-11(9)14-2/h1,4-7H,2H3. The van der Waals surface area contributed by atoms with Crippen LogP contribution in [0.1, 0.15) is 5.56 Å². The van der Waals surface area contributed by atoms with Crippen molar-refractivity contribution in [2.45, 2.75) is 0 Å². The van der Waals surface area contributed by atoms with Gasteiger partial charge in [0.2, 0.25) is 5.88 Å². The molecule has 0 aromatic carbocycles. The molecule has 3 nitrogen and oxygen atoms in total. The lowest BCUT2D eigenvalue weighted by molar-refractivity contribution is 0.397. The molecule has 0 atom stereocenters. The van der Waals surface area contributed by atoms with Gasteiger partial charge in [-0.05, 0) is 6.07 Å². The number of hydrogen-bond acceptors (Lipinski definition) is 3. The molecule has 14 heavy (non-hydrogen) atoms. The van der Waals surface area contributed by atoms with E-state index >= 15 is 0 Å². The van der Waals surface area contributed by atoms with E-state index in [1.54, 1.807) is 25.7 Å². The summed E-state index contributed by atoms with van der Waals surface area (Å²) in [6, 6.07) is 1.86. The molecule has 0 aliphatic heterocycles. The summed E-state index contributed by atoms with van der Waals surface area (Å²) in [7, 11) is 1.55. The zero-order valence-electron chi connectivity index (χ0n) is 7.69. The molecule has 0 N–H and O–H groups in total. The largest absolute Gasteiger partial charge is 0.480 e. The Labute approximate surface area is 81.8 Å². The first-order valence-electron chi connectivity index (χ1n) is 4.10. The van der Waals surface area contributed by atoms with E-state index < -0.39 is 0 Å². The number of fused-ring (bicyclic) bond motifs is 1. The third kappa shape index (κ3) is 1.17. The number of aromatic nitrogens is 2. The molecular weight excluding hydrogens is 176 g/mol. The van der Waals surface area contributed by atoms with Crippen molar-refractivity contribution in [3.63, 3.8) is 0 Å². The van der Waals surface area contributed by atoms with Crippen LogP contribution in [-0.4, -0.2) is 17.1 Å². The Kier molecular flexibility index (Phi) is 2.04. The van der Waals surface area contributed by atoms with Crippen molar-refractivity contribution >= 4 is 10.8 Å². The summed E-state index contributed by atoms with van der Waals surface area (Å²) in [6.45, 7) is 0. The lowest BCUT2D eigenvalue weighted by atomic mass is 10.1. The van der Waals surface area contributed by atoms with Crippen LogP contribution in [0.4, 0.5) is 0 Å². The molecule has 0 fully saturated rings. The number of pyridine rings is 2. The Morgan fingerprint density at radius 2 is 2.29 bits per heavy atom. The van der Waals surface area contributed by atoms with Gasteiger partial charge in [-0.3, -0.25) is 4.98 Å². The lowest BCUT2D eigenvalue weighted by Crippen LogP contribution is -1.93. The van der Waals surface area contributed by atoms with E-state index in [0.29, 0.717) is 11.4 Å². The minimum absolute atomic E-state index is 0.478. The van der Waals surface area contributed by atoms with E-state index in [1.807, 2.05) is 6.07 Å². The smallest absolute Gasteiger partial charge is 0.229 e. The first-order chi connectivity index (χ1) is 6.86. The van der Waals surface area contributed by atoms with Gasteiger partial charge in [0, 0.05) is 29.4 Å². The number of terminal acetylenes is 1. The van der Waals surface area contributed by atoms with Crippen molar-refractivity contribution in [2.24, 2.45) is 0 Å². The highest BCUT2D eigenvalue weighted by Crippen LogP contribution is 2.23. The predicted molar refractivity (Wildman–Crippen MR) is 54.0 cm³/mol. The summed E-state index contributed by atoms with van der Waals surface area (Å²) in [5.74, 6) is 3.05. The zero-order chi connectivity index (χ0) is 9.97. The van der Waals surface area contributed by atoms with Gasteiger partial charge in [0.25, 0.3) is 0 Å². The van der Waals surface area contributed by atoms with Crippen LogP contribution in [0.15, 0.2) is 24.7 Å². The third-order valence-electron chi connectivity index (χ3n) is 1.99. The minimum Gasteiger partial charge on any atom is -0.480 e. The fourth-order valence-electron chi connectivity index (χ4n) is 1.34. The summed E-state index contributed by atoms with van der Waals surface area (Å²) in [6.07, 6.45) is 10.5. The van der Waals surface area contributed by atoms with Gasteiger partial charge in [0.15, 0.2) is 0 Å². The lowest BCUT2D eigenvalue weighted by Gasteiger charge is -2.04. The van der Waals surface area contributed by atoms with Gasteiger partial charge in [-0.25, -0.2) is 4.98 Å². The zero-order valence-corrected chi connectivity index (χ0v) is 7.69. The van der Waals surface area contributed by atoms with Gasteiger partial charge in [-0.15, -0.1) is 6.42 Å². The van der Waals surface area contributed by atoms with Crippen LogP contribution in [0, 0.1) is 12.3 Å². The molecule has 0 saturated carbocycles. The Morgan fingerprint density at radius 1 is 1.43 bits per heavy atom. The van der Waals surface area contributed by atoms with E-state index in [4.69, 9.17) is 11.2 Å². The molecule has 3 heteroatoms. The van der Waals surface area contributed by atoms with Crippen LogP contribution in [-0.2, 0) is 0 Å². The highest BCUT2D eigenvalue weighted by Gasteiger charge is 2.06. The molecule has 2 heterocycles. The van der Waals surface area contributed by atoms with Crippen LogP contribution in [0.25, 0.3) is 10.8 Å². The monoisotopic (exact) mass is 184 g/mol. The molecule has 0 aliphatic carbocycles. The second-order valence-corrected chi connectivity index (χ2v) is 2.75. The van der Waals surface area contributed by atoms with Crippen LogP contribution in [0.5, 0.6) is 5.88 Å². The topological polar surface area (TPSA) is 35.0 Å². The van der Waals surface area contributed by atoms with Gasteiger partial charge in [-0.1, -0.05) is 5.92 Å². The summed E-state index contributed by atoms with van der Waals surface area (Å²) in [5, 5.41) is 1.86. The van der Waals surface area contributed by atoms with Crippen molar-refractivity contribution in [3.8, 4) is 18.2 Å². The molecule has 0 unspecified atom stereocenters. The number of hydrogen-bond donors (Lipinski definition) is 0. The van der Waals surface area contributed by atoms with Crippen molar-refractivity contribution in [2.75, 3.05) is 7.11 Å². The molecule has 2 aromatic heterocycles. The maximum absolute atomic E-state index is 5.40. The van der Waals surface area contributed by atoms with Gasteiger partial charge in [0.05, 0.1) is 12.7 Å². The van der Waals surface area contributed by atoms with Gasteiger partial charge in [0.1, 0.15) is 0 Å². The molecule has 68 valence electrons. The highest BCUT2D eigenvalue weighted by atomic mass is 16.5. The number of methoxy groups -OCH3 is 1. The SMILES string of the molecule is C#Cc1c(OC)ncc2cnccc12. The maximum Gasteiger partial charge on any atom is 0.229 e.